The van der Waals surface area contributed by atoms with Crippen molar-refractivity contribution in [2.45, 2.75) is 30.4 Å². The van der Waals surface area contributed by atoms with Gasteiger partial charge in [-0.05, 0) is 31.0 Å². The quantitative estimate of drug-likeness (QED) is 0.622. The summed E-state index contributed by atoms with van der Waals surface area (Å²) in [5.41, 5.74) is 1.37. The van der Waals surface area contributed by atoms with E-state index in [1.165, 1.54) is 4.31 Å². The van der Waals surface area contributed by atoms with Gasteiger partial charge in [0.25, 0.3) is 10.0 Å². The summed E-state index contributed by atoms with van der Waals surface area (Å²) in [5.74, 6) is 0.625. The molecule has 0 saturated carbocycles. The molecule has 0 bridgehead atoms. The van der Waals surface area contributed by atoms with Crippen molar-refractivity contribution in [3.8, 4) is 11.4 Å². The van der Waals surface area contributed by atoms with E-state index in [9.17, 15) is 13.2 Å². The van der Waals surface area contributed by atoms with E-state index in [1.807, 2.05) is 37.3 Å². The van der Waals surface area contributed by atoms with Crippen molar-refractivity contribution >= 4 is 33.0 Å². The van der Waals surface area contributed by atoms with E-state index in [0.717, 1.165) is 17.0 Å². The fourth-order valence-corrected chi connectivity index (χ4v) is 6.12. The minimum Gasteiger partial charge on any atom is -0.339 e. The molecule has 3 aromatic rings. The van der Waals surface area contributed by atoms with Crippen LogP contribution in [0.15, 0.2) is 50.5 Å². The third kappa shape index (κ3) is 4.30. The Kier molecular flexibility index (Phi) is 5.98. The molecule has 158 valence electrons. The van der Waals surface area contributed by atoms with Gasteiger partial charge in [-0.2, -0.15) is 9.29 Å². The highest BCUT2D eigenvalue weighted by atomic mass is 32.2. The number of anilines is 1. The number of hydrogen-bond donors (Lipinski definition) is 1. The number of aryl methyl sites for hydroxylation is 1. The third-order valence-corrected chi connectivity index (χ3v) is 8.38. The molecule has 0 spiro atoms. The number of thiophene rings is 1. The van der Waals surface area contributed by atoms with Crippen LogP contribution in [0.25, 0.3) is 11.4 Å². The SMILES string of the molecule is CCc1nc(-c2csc(S(=O)(=O)N3CCC(C(=O)Nc4ccccc4)CC3)c2)no1. The fraction of sp³-hybridized carbons (Fsp3) is 0.350. The largest absolute Gasteiger partial charge is 0.339 e. The zero-order valence-corrected chi connectivity index (χ0v) is 18.1. The zero-order valence-electron chi connectivity index (χ0n) is 16.4. The summed E-state index contributed by atoms with van der Waals surface area (Å²) in [6, 6.07) is 10.8. The van der Waals surface area contributed by atoms with Crippen molar-refractivity contribution < 1.29 is 17.7 Å². The molecular formula is C20H22N4O4S2. The number of benzene rings is 1. The molecule has 0 radical (unpaired) electrons. The Hall–Kier alpha value is -2.56. The molecule has 1 fully saturated rings. The maximum Gasteiger partial charge on any atom is 0.252 e. The van der Waals surface area contributed by atoms with Gasteiger partial charge in [0.2, 0.25) is 17.6 Å². The highest BCUT2D eigenvalue weighted by molar-refractivity contribution is 7.91. The fourth-order valence-electron chi connectivity index (χ4n) is 3.34. The molecule has 8 nitrogen and oxygen atoms in total. The molecular weight excluding hydrogens is 424 g/mol. The molecule has 0 aliphatic carbocycles. The second-order valence-corrected chi connectivity index (χ2v) is 10.1. The number of carbonyl (C=O) groups is 1. The van der Waals surface area contributed by atoms with Crippen LogP contribution < -0.4 is 5.32 Å². The summed E-state index contributed by atoms with van der Waals surface area (Å²) in [6.07, 6.45) is 1.59. The van der Waals surface area contributed by atoms with E-state index in [1.54, 1.807) is 11.4 Å². The van der Waals surface area contributed by atoms with Crippen molar-refractivity contribution in [2.24, 2.45) is 5.92 Å². The molecule has 2 aromatic heterocycles. The van der Waals surface area contributed by atoms with Gasteiger partial charge in [0.15, 0.2) is 0 Å². The van der Waals surface area contributed by atoms with Crippen LogP contribution in [0.1, 0.15) is 25.7 Å². The van der Waals surface area contributed by atoms with Crippen molar-refractivity contribution in [3.05, 3.63) is 47.7 Å². The third-order valence-electron chi connectivity index (χ3n) is 5.06. The van der Waals surface area contributed by atoms with Gasteiger partial charge in [0.05, 0.1) is 0 Å². The highest BCUT2D eigenvalue weighted by Gasteiger charge is 2.33. The van der Waals surface area contributed by atoms with Crippen LogP contribution in [0.3, 0.4) is 0 Å². The van der Waals surface area contributed by atoms with Crippen LogP contribution in [0.4, 0.5) is 5.69 Å². The number of nitrogens with one attached hydrogen (secondary N) is 1. The van der Waals surface area contributed by atoms with Gasteiger partial charge in [-0.15, -0.1) is 11.3 Å². The zero-order chi connectivity index (χ0) is 21.1. The van der Waals surface area contributed by atoms with Gasteiger partial charge >= 0.3 is 0 Å². The van der Waals surface area contributed by atoms with Crippen molar-refractivity contribution in [2.75, 3.05) is 18.4 Å². The topological polar surface area (TPSA) is 105 Å². The standard InChI is InChI=1S/C20H22N4O4S2/c1-2-17-22-19(23-28-17)15-12-18(29-13-15)30(26,27)24-10-8-14(9-11-24)20(25)21-16-6-4-3-5-7-16/h3-7,12-14H,2,8-11H2,1H3,(H,21,25). The van der Waals surface area contributed by atoms with Crippen LogP contribution in [0.5, 0.6) is 0 Å². The van der Waals surface area contributed by atoms with Crippen molar-refractivity contribution in [1.29, 1.82) is 0 Å². The van der Waals surface area contributed by atoms with E-state index in [-0.39, 0.29) is 16.0 Å². The molecule has 0 unspecified atom stereocenters. The van der Waals surface area contributed by atoms with Crippen LogP contribution in [-0.2, 0) is 21.2 Å². The van der Waals surface area contributed by atoms with E-state index in [4.69, 9.17) is 4.52 Å². The smallest absolute Gasteiger partial charge is 0.252 e. The molecule has 1 aromatic carbocycles. The lowest BCUT2D eigenvalue weighted by Gasteiger charge is -2.30. The summed E-state index contributed by atoms with van der Waals surface area (Å²) in [6.45, 7) is 2.53. The van der Waals surface area contributed by atoms with E-state index >= 15 is 0 Å². The molecule has 4 rings (SSSR count). The molecule has 10 heteroatoms. The summed E-state index contributed by atoms with van der Waals surface area (Å²) >= 11 is 1.14. The van der Waals surface area contributed by atoms with Gasteiger partial charge in [0, 0.05) is 42.1 Å². The Morgan fingerprint density at radius 2 is 2.00 bits per heavy atom. The lowest BCUT2D eigenvalue weighted by molar-refractivity contribution is -0.120. The van der Waals surface area contributed by atoms with Gasteiger partial charge in [-0.1, -0.05) is 30.3 Å². The number of rotatable bonds is 6. The first-order valence-electron chi connectivity index (χ1n) is 9.75. The molecule has 3 heterocycles. The molecule has 1 aliphatic rings. The molecule has 30 heavy (non-hydrogen) atoms. The van der Waals surface area contributed by atoms with Crippen LogP contribution in [0.2, 0.25) is 0 Å². The van der Waals surface area contributed by atoms with E-state index < -0.39 is 10.0 Å². The number of piperidine rings is 1. The van der Waals surface area contributed by atoms with Gasteiger partial charge in [-0.25, -0.2) is 8.42 Å². The number of para-hydroxylation sites is 1. The lowest BCUT2D eigenvalue weighted by atomic mass is 9.97. The minimum atomic E-state index is -3.62. The first-order chi connectivity index (χ1) is 14.5. The average Bonchev–Trinajstić information content (AvgIpc) is 3.44. The number of sulfonamides is 1. The van der Waals surface area contributed by atoms with Gasteiger partial charge in [-0.3, -0.25) is 4.79 Å². The summed E-state index contributed by atoms with van der Waals surface area (Å²) < 4.78 is 32.9. The van der Waals surface area contributed by atoms with Crippen LogP contribution >= 0.6 is 11.3 Å². The summed E-state index contributed by atoms with van der Waals surface area (Å²) in [7, 11) is -3.62. The molecule has 0 atom stereocenters. The highest BCUT2D eigenvalue weighted by Crippen LogP contribution is 2.31. The summed E-state index contributed by atoms with van der Waals surface area (Å²) in [5, 5.41) is 8.51. The number of aromatic nitrogens is 2. The maximum atomic E-state index is 13.0. The minimum absolute atomic E-state index is 0.0690. The number of nitrogens with zero attached hydrogens (tertiary/aromatic N) is 3. The second-order valence-electron chi connectivity index (χ2n) is 7.05. The molecule has 1 aliphatic heterocycles. The second kappa shape index (κ2) is 8.66. The Morgan fingerprint density at radius 1 is 1.27 bits per heavy atom. The Bertz CT molecular complexity index is 1120. The maximum absolute atomic E-state index is 13.0. The molecule has 1 amide bonds. The van der Waals surface area contributed by atoms with E-state index in [2.05, 4.69) is 15.5 Å². The first-order valence-corrected chi connectivity index (χ1v) is 12.1. The monoisotopic (exact) mass is 446 g/mol. The van der Waals surface area contributed by atoms with Crippen molar-refractivity contribution in [3.63, 3.8) is 0 Å². The number of amides is 1. The van der Waals surface area contributed by atoms with Gasteiger partial charge in [0.1, 0.15) is 4.21 Å². The predicted molar refractivity (Wildman–Crippen MR) is 114 cm³/mol. The predicted octanol–water partition coefficient (Wildman–Crippen LogP) is 3.40. The lowest BCUT2D eigenvalue weighted by Crippen LogP contribution is -2.41. The molecule has 1 N–H and O–H groups in total. The van der Waals surface area contributed by atoms with Crippen molar-refractivity contribution in [1.82, 2.24) is 14.4 Å². The normalized spacial score (nSPS) is 15.9. The number of carbonyl (C=O) groups excluding carboxylic acids is 1. The van der Waals surface area contributed by atoms with Crippen LogP contribution in [0, 0.1) is 5.92 Å². The van der Waals surface area contributed by atoms with Crippen LogP contribution in [-0.4, -0.2) is 41.9 Å². The average molecular weight is 447 g/mol. The molecule has 1 saturated heterocycles. The Balaban J connectivity index is 1.40. The first kappa shape index (κ1) is 20.7. The summed E-state index contributed by atoms with van der Waals surface area (Å²) in [4.78, 5) is 16.7. The van der Waals surface area contributed by atoms with E-state index in [0.29, 0.717) is 49.6 Å². The Morgan fingerprint density at radius 3 is 2.67 bits per heavy atom. The number of hydrogen-bond acceptors (Lipinski definition) is 7. The van der Waals surface area contributed by atoms with Gasteiger partial charge < -0.3 is 9.84 Å². The Labute approximate surface area is 179 Å².